The highest BCUT2D eigenvalue weighted by atomic mass is 35.5. The lowest BCUT2D eigenvalue weighted by molar-refractivity contribution is -0.110. The summed E-state index contributed by atoms with van der Waals surface area (Å²) in [6.07, 6.45) is 2.97. The van der Waals surface area contributed by atoms with Crippen LogP contribution < -0.4 is 5.32 Å². The summed E-state index contributed by atoms with van der Waals surface area (Å²) in [5.41, 5.74) is 0.403. The van der Waals surface area contributed by atoms with Crippen molar-refractivity contribution in [1.82, 2.24) is 10.3 Å². The van der Waals surface area contributed by atoms with E-state index in [1.807, 2.05) is 0 Å². The molecule has 1 heterocycles. The van der Waals surface area contributed by atoms with Crippen LogP contribution in [0.15, 0.2) is 24.5 Å². The van der Waals surface area contributed by atoms with Gasteiger partial charge in [0.15, 0.2) is 0 Å². The molecule has 0 spiro atoms. The molecular weight excluding hydrogens is 192 g/mol. The van der Waals surface area contributed by atoms with Crippen LogP contribution in [0.2, 0.25) is 0 Å². The number of nitrogens with zero attached hydrogens (tertiary/aromatic N) is 1. The highest BCUT2D eigenvalue weighted by molar-refractivity contribution is 6.64. The first-order valence-electron chi connectivity index (χ1n) is 3.56. The Hall–Kier alpha value is -1.42. The van der Waals surface area contributed by atoms with E-state index in [1.165, 1.54) is 6.20 Å². The highest BCUT2D eigenvalue weighted by Crippen LogP contribution is 1.94. The van der Waals surface area contributed by atoms with E-state index in [4.69, 9.17) is 11.6 Å². The monoisotopic (exact) mass is 198 g/mol. The van der Waals surface area contributed by atoms with Gasteiger partial charge in [0.1, 0.15) is 0 Å². The van der Waals surface area contributed by atoms with Gasteiger partial charge in [-0.25, -0.2) is 0 Å². The molecule has 0 radical (unpaired) electrons. The van der Waals surface area contributed by atoms with Crippen LogP contribution >= 0.6 is 11.6 Å². The van der Waals surface area contributed by atoms with Gasteiger partial charge in [0.2, 0.25) is 5.24 Å². The van der Waals surface area contributed by atoms with Crippen molar-refractivity contribution < 1.29 is 9.59 Å². The van der Waals surface area contributed by atoms with E-state index in [0.717, 1.165) is 0 Å². The third-order valence-corrected chi connectivity index (χ3v) is 1.45. The lowest BCUT2D eigenvalue weighted by Gasteiger charge is -2.00. The molecule has 0 aliphatic rings. The van der Waals surface area contributed by atoms with Crippen LogP contribution in [0.4, 0.5) is 0 Å². The summed E-state index contributed by atoms with van der Waals surface area (Å²) in [6, 6.07) is 3.23. The summed E-state index contributed by atoms with van der Waals surface area (Å²) in [5.74, 6) is -0.359. The van der Waals surface area contributed by atoms with Crippen molar-refractivity contribution in [2.45, 2.75) is 0 Å². The average Bonchev–Trinajstić information content (AvgIpc) is 2.15. The molecule has 13 heavy (non-hydrogen) atoms. The number of carbonyl (C=O) groups excluding carboxylic acids is 2. The molecular formula is C8H7ClN2O2. The number of nitrogens with one attached hydrogen (secondary N) is 1. The van der Waals surface area contributed by atoms with Crippen LogP contribution in [0.1, 0.15) is 10.4 Å². The third-order valence-electron chi connectivity index (χ3n) is 1.31. The fraction of sp³-hybridized carbons (Fsp3) is 0.125. The van der Waals surface area contributed by atoms with E-state index in [0.29, 0.717) is 5.56 Å². The number of amides is 1. The summed E-state index contributed by atoms with van der Waals surface area (Å²) in [7, 11) is 0. The van der Waals surface area contributed by atoms with Crippen LogP contribution in [0.5, 0.6) is 0 Å². The zero-order valence-electron chi connectivity index (χ0n) is 6.66. The zero-order chi connectivity index (χ0) is 9.68. The van der Waals surface area contributed by atoms with Crippen LogP contribution in [0.3, 0.4) is 0 Å². The molecule has 1 aromatic rings. The second kappa shape index (κ2) is 4.57. The summed E-state index contributed by atoms with van der Waals surface area (Å²) < 4.78 is 0. The molecule has 4 nitrogen and oxygen atoms in total. The van der Waals surface area contributed by atoms with Gasteiger partial charge >= 0.3 is 0 Å². The molecule has 0 fully saturated rings. The Morgan fingerprint density at radius 1 is 1.54 bits per heavy atom. The maximum absolute atomic E-state index is 11.2. The molecule has 1 aromatic heterocycles. The minimum atomic E-state index is -0.600. The SMILES string of the molecule is O=C(Cl)CNC(=O)c1cccnc1. The summed E-state index contributed by atoms with van der Waals surface area (Å²) in [6.45, 7) is -0.171. The van der Waals surface area contributed by atoms with Gasteiger partial charge in [-0.05, 0) is 23.7 Å². The van der Waals surface area contributed by atoms with E-state index >= 15 is 0 Å². The Balaban J connectivity index is 2.54. The number of hydrogen-bond acceptors (Lipinski definition) is 3. The predicted molar refractivity (Wildman–Crippen MR) is 47.4 cm³/mol. The third kappa shape index (κ3) is 3.21. The van der Waals surface area contributed by atoms with Gasteiger partial charge < -0.3 is 5.32 Å². The summed E-state index contributed by atoms with van der Waals surface area (Å²) >= 11 is 5.04. The number of rotatable bonds is 3. The van der Waals surface area contributed by atoms with E-state index in [2.05, 4.69) is 10.3 Å². The predicted octanol–water partition coefficient (Wildman–Crippen LogP) is 0.577. The summed E-state index contributed by atoms with van der Waals surface area (Å²) in [4.78, 5) is 25.3. The Morgan fingerprint density at radius 3 is 2.85 bits per heavy atom. The van der Waals surface area contributed by atoms with Crippen molar-refractivity contribution >= 4 is 22.8 Å². The molecule has 68 valence electrons. The maximum Gasteiger partial charge on any atom is 0.253 e. The van der Waals surface area contributed by atoms with Crippen LogP contribution in [-0.4, -0.2) is 22.7 Å². The fourth-order valence-corrected chi connectivity index (χ4v) is 0.816. The molecule has 0 unspecified atom stereocenters. The largest absolute Gasteiger partial charge is 0.344 e. The minimum Gasteiger partial charge on any atom is -0.344 e. The summed E-state index contributed by atoms with van der Waals surface area (Å²) in [5, 5.41) is 1.74. The van der Waals surface area contributed by atoms with Gasteiger partial charge in [-0.2, -0.15) is 0 Å². The van der Waals surface area contributed by atoms with E-state index < -0.39 is 5.24 Å². The molecule has 0 saturated carbocycles. The highest BCUT2D eigenvalue weighted by Gasteiger charge is 2.05. The van der Waals surface area contributed by atoms with Crippen molar-refractivity contribution in [2.75, 3.05) is 6.54 Å². The van der Waals surface area contributed by atoms with Gasteiger partial charge in [-0.1, -0.05) is 0 Å². The normalized spacial score (nSPS) is 9.31. The topological polar surface area (TPSA) is 59.1 Å². The van der Waals surface area contributed by atoms with E-state index in [9.17, 15) is 9.59 Å². The number of aromatic nitrogens is 1. The first kappa shape index (κ1) is 9.67. The fourth-order valence-electron chi connectivity index (χ4n) is 0.749. The number of carbonyl (C=O) groups is 2. The van der Waals surface area contributed by atoms with Crippen molar-refractivity contribution in [3.05, 3.63) is 30.1 Å². The van der Waals surface area contributed by atoms with Gasteiger partial charge in [-0.3, -0.25) is 14.6 Å². The molecule has 1 rings (SSSR count). The van der Waals surface area contributed by atoms with Crippen LogP contribution in [0, 0.1) is 0 Å². The molecule has 0 aliphatic heterocycles. The Bertz CT molecular complexity index is 313. The Kier molecular flexibility index (Phi) is 3.40. The van der Waals surface area contributed by atoms with E-state index in [-0.39, 0.29) is 12.5 Å². The lowest BCUT2D eigenvalue weighted by atomic mass is 10.3. The Morgan fingerprint density at radius 2 is 2.31 bits per heavy atom. The van der Waals surface area contributed by atoms with Crippen molar-refractivity contribution in [2.24, 2.45) is 0 Å². The molecule has 1 N–H and O–H groups in total. The van der Waals surface area contributed by atoms with E-state index in [1.54, 1.807) is 18.3 Å². The second-order valence-electron chi connectivity index (χ2n) is 2.28. The first-order valence-corrected chi connectivity index (χ1v) is 3.94. The molecule has 0 saturated heterocycles. The first-order chi connectivity index (χ1) is 6.20. The molecule has 5 heteroatoms. The number of halogens is 1. The molecule has 1 amide bonds. The minimum absolute atomic E-state index is 0.171. The van der Waals surface area contributed by atoms with Crippen molar-refractivity contribution in [3.8, 4) is 0 Å². The van der Waals surface area contributed by atoms with Gasteiger partial charge in [0.05, 0.1) is 12.1 Å². The average molecular weight is 199 g/mol. The van der Waals surface area contributed by atoms with Gasteiger partial charge in [0, 0.05) is 12.4 Å². The van der Waals surface area contributed by atoms with Crippen molar-refractivity contribution in [3.63, 3.8) is 0 Å². The maximum atomic E-state index is 11.2. The van der Waals surface area contributed by atoms with Crippen LogP contribution in [0.25, 0.3) is 0 Å². The molecule has 0 bridgehead atoms. The Labute approximate surface area is 79.9 Å². The number of hydrogen-bond donors (Lipinski definition) is 1. The smallest absolute Gasteiger partial charge is 0.253 e. The lowest BCUT2D eigenvalue weighted by Crippen LogP contribution is -2.27. The van der Waals surface area contributed by atoms with Crippen molar-refractivity contribution in [1.29, 1.82) is 0 Å². The quantitative estimate of drug-likeness (QED) is 0.723. The van der Waals surface area contributed by atoms with Gasteiger partial charge in [-0.15, -0.1) is 0 Å². The zero-order valence-corrected chi connectivity index (χ0v) is 7.41. The number of pyridine rings is 1. The molecule has 0 aromatic carbocycles. The standard InChI is InChI=1S/C8H7ClN2O2/c9-7(12)5-11-8(13)6-2-1-3-10-4-6/h1-4H,5H2,(H,11,13). The molecule has 0 atom stereocenters. The molecule has 0 aliphatic carbocycles. The van der Waals surface area contributed by atoms with Crippen LogP contribution in [-0.2, 0) is 4.79 Å². The second-order valence-corrected chi connectivity index (χ2v) is 2.70. The van der Waals surface area contributed by atoms with Gasteiger partial charge in [0.25, 0.3) is 5.91 Å².